The zero-order valence-electron chi connectivity index (χ0n) is 9.88. The molecule has 0 unspecified atom stereocenters. The molecule has 0 aromatic heterocycles. The van der Waals surface area contributed by atoms with Crippen molar-refractivity contribution in [3.05, 3.63) is 33.8 Å². The second-order valence-electron chi connectivity index (χ2n) is 4.46. The lowest BCUT2D eigenvalue weighted by Gasteiger charge is -2.15. The Morgan fingerprint density at radius 2 is 1.94 bits per heavy atom. The third kappa shape index (κ3) is 4.14. The van der Waals surface area contributed by atoms with Crippen molar-refractivity contribution in [1.29, 1.82) is 0 Å². The van der Waals surface area contributed by atoms with Crippen molar-refractivity contribution in [3.8, 4) is 0 Å². The van der Waals surface area contributed by atoms with Gasteiger partial charge in [0.2, 0.25) is 0 Å². The molecule has 0 spiro atoms. The maximum absolute atomic E-state index is 6.10. The highest BCUT2D eigenvalue weighted by Gasteiger charge is 2.10. The quantitative estimate of drug-likeness (QED) is 0.829. The van der Waals surface area contributed by atoms with Gasteiger partial charge in [-0.3, -0.25) is 0 Å². The van der Waals surface area contributed by atoms with Crippen molar-refractivity contribution < 1.29 is 0 Å². The van der Waals surface area contributed by atoms with Gasteiger partial charge in [-0.1, -0.05) is 29.3 Å². The summed E-state index contributed by atoms with van der Waals surface area (Å²) < 4.78 is 0. The molecule has 0 atom stereocenters. The Labute approximate surface area is 113 Å². The maximum atomic E-state index is 6.10. The number of hydrogen-bond donors (Lipinski definition) is 1. The first-order chi connectivity index (χ1) is 8.25. The first kappa shape index (κ1) is 13.2. The summed E-state index contributed by atoms with van der Waals surface area (Å²) >= 11 is 12.0. The van der Waals surface area contributed by atoms with Crippen LogP contribution >= 0.6 is 23.2 Å². The Morgan fingerprint density at radius 1 is 1.18 bits per heavy atom. The molecule has 2 rings (SSSR count). The lowest BCUT2D eigenvalue weighted by molar-refractivity contribution is 0.335. The van der Waals surface area contributed by atoms with Gasteiger partial charge in [-0.2, -0.15) is 0 Å². The van der Waals surface area contributed by atoms with Crippen LogP contribution in [0.4, 0.5) is 0 Å². The third-order valence-electron chi connectivity index (χ3n) is 3.13. The van der Waals surface area contributed by atoms with Gasteiger partial charge in [-0.05, 0) is 43.6 Å². The van der Waals surface area contributed by atoms with Crippen LogP contribution in [0.5, 0.6) is 0 Å². The topological polar surface area (TPSA) is 15.3 Å². The van der Waals surface area contributed by atoms with E-state index in [2.05, 4.69) is 10.2 Å². The average Bonchev–Trinajstić information content (AvgIpc) is 2.79. The van der Waals surface area contributed by atoms with Crippen molar-refractivity contribution in [2.24, 2.45) is 0 Å². The van der Waals surface area contributed by atoms with Crippen LogP contribution in [0.15, 0.2) is 18.2 Å². The Bertz CT molecular complexity index is 362. The van der Waals surface area contributed by atoms with E-state index in [0.717, 1.165) is 30.2 Å². The second kappa shape index (κ2) is 6.60. The van der Waals surface area contributed by atoms with Gasteiger partial charge in [0.05, 0.1) is 0 Å². The second-order valence-corrected chi connectivity index (χ2v) is 5.30. The first-order valence-corrected chi connectivity index (χ1v) is 6.88. The minimum atomic E-state index is 0.691. The van der Waals surface area contributed by atoms with E-state index in [9.17, 15) is 0 Å². The van der Waals surface area contributed by atoms with E-state index in [1.807, 2.05) is 12.1 Å². The molecule has 1 aliphatic rings. The molecule has 0 amide bonds. The molecule has 1 aromatic rings. The number of hydrogen-bond acceptors (Lipinski definition) is 2. The summed E-state index contributed by atoms with van der Waals surface area (Å²) in [7, 11) is 0. The molecule has 1 aliphatic heterocycles. The number of nitrogens with zero attached hydrogens (tertiary/aromatic N) is 1. The highest BCUT2D eigenvalue weighted by molar-refractivity contribution is 6.35. The fourth-order valence-electron chi connectivity index (χ4n) is 2.13. The van der Waals surface area contributed by atoms with Gasteiger partial charge in [0, 0.05) is 29.7 Å². The first-order valence-electron chi connectivity index (χ1n) is 6.13. The van der Waals surface area contributed by atoms with Gasteiger partial charge in [0.1, 0.15) is 0 Å². The molecule has 0 radical (unpaired) electrons. The number of benzene rings is 1. The molecule has 94 valence electrons. The van der Waals surface area contributed by atoms with Gasteiger partial charge in [0.25, 0.3) is 0 Å². The number of rotatable bonds is 5. The predicted molar refractivity (Wildman–Crippen MR) is 73.8 cm³/mol. The summed E-state index contributed by atoms with van der Waals surface area (Å²) in [6, 6.07) is 5.65. The number of nitrogens with one attached hydrogen (secondary N) is 1. The summed E-state index contributed by atoms with van der Waals surface area (Å²) in [5.74, 6) is 0. The van der Waals surface area contributed by atoms with Crippen LogP contribution in [0, 0.1) is 0 Å². The Kier molecular flexibility index (Phi) is 5.11. The van der Waals surface area contributed by atoms with Crippen molar-refractivity contribution >= 4 is 23.2 Å². The van der Waals surface area contributed by atoms with Gasteiger partial charge < -0.3 is 10.2 Å². The van der Waals surface area contributed by atoms with E-state index >= 15 is 0 Å². The fourth-order valence-corrected chi connectivity index (χ4v) is 2.61. The molecular weight excluding hydrogens is 255 g/mol. The van der Waals surface area contributed by atoms with E-state index in [1.165, 1.54) is 25.9 Å². The van der Waals surface area contributed by atoms with Crippen LogP contribution in [0.2, 0.25) is 10.0 Å². The maximum Gasteiger partial charge on any atom is 0.0465 e. The molecule has 2 nitrogen and oxygen atoms in total. The molecule has 0 saturated carbocycles. The Hall–Kier alpha value is -0.280. The van der Waals surface area contributed by atoms with Crippen LogP contribution in [-0.4, -0.2) is 31.1 Å². The van der Waals surface area contributed by atoms with Crippen molar-refractivity contribution in [2.45, 2.75) is 19.4 Å². The average molecular weight is 273 g/mol. The number of halogens is 2. The van der Waals surface area contributed by atoms with Crippen molar-refractivity contribution in [1.82, 2.24) is 10.2 Å². The van der Waals surface area contributed by atoms with E-state index in [-0.39, 0.29) is 0 Å². The van der Waals surface area contributed by atoms with Crippen molar-refractivity contribution in [3.63, 3.8) is 0 Å². The molecule has 0 aliphatic carbocycles. The summed E-state index contributed by atoms with van der Waals surface area (Å²) in [6.45, 7) is 5.46. The van der Waals surface area contributed by atoms with E-state index < -0.39 is 0 Å². The molecule has 17 heavy (non-hydrogen) atoms. The fraction of sp³-hybridized carbons (Fsp3) is 0.538. The van der Waals surface area contributed by atoms with Crippen LogP contribution in [-0.2, 0) is 6.54 Å². The van der Waals surface area contributed by atoms with Crippen molar-refractivity contribution in [2.75, 3.05) is 26.2 Å². The summed E-state index contributed by atoms with van der Waals surface area (Å²) in [6.07, 6.45) is 2.70. The molecule has 0 bridgehead atoms. The van der Waals surface area contributed by atoms with Gasteiger partial charge in [0.15, 0.2) is 0 Å². The lowest BCUT2D eigenvalue weighted by Crippen LogP contribution is -2.29. The molecule has 1 N–H and O–H groups in total. The normalized spacial score (nSPS) is 16.6. The molecule has 4 heteroatoms. The minimum Gasteiger partial charge on any atom is -0.311 e. The van der Waals surface area contributed by atoms with E-state index in [0.29, 0.717) is 5.02 Å². The Morgan fingerprint density at radius 3 is 2.65 bits per heavy atom. The summed E-state index contributed by atoms with van der Waals surface area (Å²) in [4.78, 5) is 2.50. The monoisotopic (exact) mass is 272 g/mol. The highest BCUT2D eigenvalue weighted by Crippen LogP contribution is 2.20. The van der Waals surface area contributed by atoms with Gasteiger partial charge in [-0.15, -0.1) is 0 Å². The standard InChI is InChI=1S/C13H18Cl2N2/c14-12-4-3-11(13(15)9-12)10-16-5-8-17-6-1-2-7-17/h3-4,9,16H,1-2,5-8,10H2. The molecule has 1 heterocycles. The van der Waals surface area contributed by atoms with E-state index in [1.54, 1.807) is 6.07 Å². The molecule has 1 aromatic carbocycles. The number of likely N-dealkylation sites (tertiary alicyclic amines) is 1. The third-order valence-corrected chi connectivity index (χ3v) is 3.72. The zero-order valence-corrected chi connectivity index (χ0v) is 11.4. The van der Waals surface area contributed by atoms with Crippen LogP contribution in [0.1, 0.15) is 18.4 Å². The minimum absolute atomic E-state index is 0.691. The smallest absolute Gasteiger partial charge is 0.0465 e. The Balaban J connectivity index is 1.70. The van der Waals surface area contributed by atoms with E-state index in [4.69, 9.17) is 23.2 Å². The summed E-state index contributed by atoms with van der Waals surface area (Å²) in [5.41, 5.74) is 1.11. The molecule has 1 fully saturated rings. The zero-order chi connectivity index (χ0) is 12.1. The largest absolute Gasteiger partial charge is 0.311 e. The van der Waals surface area contributed by atoms with Crippen LogP contribution in [0.3, 0.4) is 0 Å². The van der Waals surface area contributed by atoms with Crippen LogP contribution in [0.25, 0.3) is 0 Å². The highest BCUT2D eigenvalue weighted by atomic mass is 35.5. The van der Waals surface area contributed by atoms with Gasteiger partial charge in [-0.25, -0.2) is 0 Å². The SMILES string of the molecule is Clc1ccc(CNCCN2CCCC2)c(Cl)c1. The summed E-state index contributed by atoms with van der Waals surface area (Å²) in [5, 5.41) is 4.85. The molecular formula is C13H18Cl2N2. The van der Waals surface area contributed by atoms with Gasteiger partial charge >= 0.3 is 0 Å². The lowest BCUT2D eigenvalue weighted by atomic mass is 10.2. The van der Waals surface area contributed by atoms with Crippen LogP contribution < -0.4 is 5.32 Å². The molecule has 1 saturated heterocycles. The predicted octanol–water partition coefficient (Wildman–Crippen LogP) is 3.18.